The van der Waals surface area contributed by atoms with Gasteiger partial charge >= 0.3 is 6.03 Å². The number of nitrogens with zero attached hydrogens (tertiary/aromatic N) is 4. The molecule has 9 heteroatoms. The lowest BCUT2D eigenvalue weighted by Gasteiger charge is -2.42. The van der Waals surface area contributed by atoms with Crippen molar-refractivity contribution in [1.82, 2.24) is 19.6 Å². The summed E-state index contributed by atoms with van der Waals surface area (Å²) in [7, 11) is 3.33. The van der Waals surface area contributed by atoms with Crippen LogP contribution in [0.3, 0.4) is 0 Å². The van der Waals surface area contributed by atoms with E-state index in [1.165, 1.54) is 0 Å². The molecular weight excluding hydrogens is 400 g/mol. The van der Waals surface area contributed by atoms with Crippen molar-refractivity contribution in [2.45, 2.75) is 45.2 Å². The Labute approximate surface area is 185 Å². The Hall–Kier alpha value is -1.87. The number of methoxy groups -OCH3 is 2. The van der Waals surface area contributed by atoms with Gasteiger partial charge in [-0.25, -0.2) is 4.79 Å². The molecule has 0 saturated carbocycles. The van der Waals surface area contributed by atoms with E-state index in [1.54, 1.807) is 24.0 Å². The van der Waals surface area contributed by atoms with Crippen LogP contribution in [0.2, 0.25) is 0 Å². The molecule has 0 spiro atoms. The van der Waals surface area contributed by atoms with Crippen LogP contribution in [-0.2, 0) is 19.1 Å². The van der Waals surface area contributed by atoms with Crippen LogP contribution in [0.1, 0.15) is 33.1 Å². The fraction of sp³-hybridized carbons (Fsp3) is 0.864. The van der Waals surface area contributed by atoms with Gasteiger partial charge < -0.3 is 29.1 Å². The second-order valence-corrected chi connectivity index (χ2v) is 9.43. The molecule has 31 heavy (non-hydrogen) atoms. The minimum absolute atomic E-state index is 0.00737. The molecule has 2 unspecified atom stereocenters. The smallest absolute Gasteiger partial charge is 0.321 e. The predicted octanol–water partition coefficient (Wildman–Crippen LogP) is 0.881. The first kappa shape index (κ1) is 23.8. The molecule has 2 atom stereocenters. The van der Waals surface area contributed by atoms with Crippen molar-refractivity contribution in [3.05, 3.63) is 0 Å². The second-order valence-electron chi connectivity index (χ2n) is 9.43. The van der Waals surface area contributed by atoms with E-state index in [0.29, 0.717) is 51.7 Å². The third kappa shape index (κ3) is 5.49. The van der Waals surface area contributed by atoms with Crippen LogP contribution < -0.4 is 0 Å². The van der Waals surface area contributed by atoms with Gasteiger partial charge in [-0.15, -0.1) is 0 Å². The minimum atomic E-state index is -0.465. The van der Waals surface area contributed by atoms with E-state index < -0.39 is 6.04 Å². The maximum absolute atomic E-state index is 13.2. The molecule has 176 valence electrons. The molecule has 0 bridgehead atoms. The van der Waals surface area contributed by atoms with Gasteiger partial charge in [0.15, 0.2) is 0 Å². The number of carbonyl (C=O) groups is 3. The summed E-state index contributed by atoms with van der Waals surface area (Å²) in [6, 6.07) is -0.725. The zero-order chi connectivity index (χ0) is 22.5. The summed E-state index contributed by atoms with van der Waals surface area (Å²) < 4.78 is 10.4. The summed E-state index contributed by atoms with van der Waals surface area (Å²) in [6.45, 7) is 8.33. The van der Waals surface area contributed by atoms with Crippen molar-refractivity contribution in [1.29, 1.82) is 0 Å². The largest absolute Gasteiger partial charge is 0.384 e. The number of fused-ring (bicyclic) bond motifs is 1. The predicted molar refractivity (Wildman–Crippen MR) is 115 cm³/mol. The zero-order valence-electron chi connectivity index (χ0n) is 19.4. The maximum atomic E-state index is 13.2. The number of ether oxygens (including phenoxy) is 2. The summed E-state index contributed by atoms with van der Waals surface area (Å²) in [5.41, 5.74) is 0. The normalized spacial score (nSPS) is 25.1. The summed E-state index contributed by atoms with van der Waals surface area (Å²) >= 11 is 0. The van der Waals surface area contributed by atoms with Crippen molar-refractivity contribution >= 4 is 17.8 Å². The van der Waals surface area contributed by atoms with Gasteiger partial charge in [-0.05, 0) is 31.1 Å². The lowest BCUT2D eigenvalue weighted by atomic mass is 9.97. The second kappa shape index (κ2) is 10.6. The average molecular weight is 439 g/mol. The minimum Gasteiger partial charge on any atom is -0.384 e. The Kier molecular flexibility index (Phi) is 8.16. The summed E-state index contributed by atoms with van der Waals surface area (Å²) in [5.74, 6) is 0.766. The highest BCUT2D eigenvalue weighted by atomic mass is 16.5. The molecular formula is C22H38N4O5. The van der Waals surface area contributed by atoms with Gasteiger partial charge in [0.2, 0.25) is 11.8 Å². The van der Waals surface area contributed by atoms with E-state index in [-0.39, 0.29) is 36.3 Å². The summed E-state index contributed by atoms with van der Waals surface area (Å²) in [4.78, 5) is 46.2. The molecule has 0 N–H and O–H groups in total. The third-order valence-corrected chi connectivity index (χ3v) is 6.64. The third-order valence-electron chi connectivity index (χ3n) is 6.64. The maximum Gasteiger partial charge on any atom is 0.321 e. The van der Waals surface area contributed by atoms with Crippen LogP contribution in [0, 0.1) is 11.8 Å². The zero-order valence-corrected chi connectivity index (χ0v) is 19.4. The molecule has 3 heterocycles. The van der Waals surface area contributed by atoms with Gasteiger partial charge in [-0.3, -0.25) is 9.59 Å². The van der Waals surface area contributed by atoms with E-state index in [4.69, 9.17) is 9.47 Å². The molecule has 3 aliphatic rings. The van der Waals surface area contributed by atoms with Gasteiger partial charge in [-0.1, -0.05) is 13.8 Å². The molecule has 4 amide bonds. The molecule has 3 aliphatic heterocycles. The van der Waals surface area contributed by atoms with E-state index in [1.807, 2.05) is 9.80 Å². The van der Waals surface area contributed by atoms with Crippen LogP contribution >= 0.6 is 0 Å². The number of rotatable bonds is 9. The van der Waals surface area contributed by atoms with E-state index in [2.05, 4.69) is 13.8 Å². The van der Waals surface area contributed by atoms with Gasteiger partial charge in [0, 0.05) is 53.6 Å². The summed E-state index contributed by atoms with van der Waals surface area (Å²) in [5, 5.41) is 0. The van der Waals surface area contributed by atoms with Crippen LogP contribution in [0.4, 0.5) is 4.79 Å². The lowest BCUT2D eigenvalue weighted by molar-refractivity contribution is -0.143. The quantitative estimate of drug-likeness (QED) is 0.534. The van der Waals surface area contributed by atoms with E-state index in [9.17, 15) is 14.4 Å². The Bertz CT molecular complexity index is 650. The SMILES string of the molecule is COCCN1CC2CN(CC(=O)N3CCC(COC)CC3)C(=O)N2C(CC(C)C)C1=O. The Morgan fingerprint density at radius 3 is 2.35 bits per heavy atom. The number of likely N-dealkylation sites (tertiary alicyclic amines) is 1. The Morgan fingerprint density at radius 1 is 1.06 bits per heavy atom. The van der Waals surface area contributed by atoms with Crippen molar-refractivity contribution in [3.8, 4) is 0 Å². The average Bonchev–Trinajstić information content (AvgIpc) is 3.04. The number of piperidine rings is 1. The Balaban J connectivity index is 1.64. The van der Waals surface area contributed by atoms with Crippen molar-refractivity contribution in [2.24, 2.45) is 11.8 Å². The fourth-order valence-electron chi connectivity index (χ4n) is 4.99. The molecule has 3 rings (SSSR count). The standard InChI is InChI=1S/C22H38N4O5/c1-16(2)11-19-21(28)24(9-10-30-3)12-18-13-25(22(29)26(18)19)14-20(27)23-7-5-17(6-8-23)15-31-4/h16-19H,5-15H2,1-4H3. The molecule has 3 fully saturated rings. The highest BCUT2D eigenvalue weighted by molar-refractivity contribution is 5.92. The van der Waals surface area contributed by atoms with Gasteiger partial charge in [-0.2, -0.15) is 0 Å². The lowest BCUT2D eigenvalue weighted by Crippen LogP contribution is -2.61. The fourth-order valence-corrected chi connectivity index (χ4v) is 4.99. The number of hydrogen-bond acceptors (Lipinski definition) is 5. The van der Waals surface area contributed by atoms with Crippen LogP contribution in [0.15, 0.2) is 0 Å². The molecule has 3 saturated heterocycles. The number of hydrogen-bond donors (Lipinski definition) is 0. The first-order valence-corrected chi connectivity index (χ1v) is 11.5. The molecule has 0 aliphatic carbocycles. The van der Waals surface area contributed by atoms with E-state index in [0.717, 1.165) is 19.4 Å². The number of piperazine rings is 1. The van der Waals surface area contributed by atoms with Crippen LogP contribution in [0.25, 0.3) is 0 Å². The van der Waals surface area contributed by atoms with Crippen molar-refractivity contribution in [3.63, 3.8) is 0 Å². The number of urea groups is 1. The molecule has 0 aromatic carbocycles. The number of amides is 4. The van der Waals surface area contributed by atoms with Gasteiger partial charge in [0.25, 0.3) is 0 Å². The van der Waals surface area contributed by atoms with E-state index >= 15 is 0 Å². The van der Waals surface area contributed by atoms with Gasteiger partial charge in [0.05, 0.1) is 12.6 Å². The van der Waals surface area contributed by atoms with Crippen LogP contribution in [-0.4, -0.2) is 116 Å². The number of carbonyl (C=O) groups excluding carboxylic acids is 3. The highest BCUT2D eigenvalue weighted by Gasteiger charge is 2.49. The first-order chi connectivity index (χ1) is 14.8. The Morgan fingerprint density at radius 2 is 1.74 bits per heavy atom. The topological polar surface area (TPSA) is 82.6 Å². The molecule has 0 aromatic rings. The van der Waals surface area contributed by atoms with Crippen LogP contribution in [0.5, 0.6) is 0 Å². The van der Waals surface area contributed by atoms with Crippen molar-refractivity contribution < 1.29 is 23.9 Å². The first-order valence-electron chi connectivity index (χ1n) is 11.5. The van der Waals surface area contributed by atoms with Gasteiger partial charge in [0.1, 0.15) is 12.6 Å². The summed E-state index contributed by atoms with van der Waals surface area (Å²) in [6.07, 6.45) is 2.49. The monoisotopic (exact) mass is 438 g/mol. The molecule has 9 nitrogen and oxygen atoms in total. The molecule has 0 aromatic heterocycles. The highest BCUT2D eigenvalue weighted by Crippen LogP contribution is 2.29. The molecule has 0 radical (unpaired) electrons. The van der Waals surface area contributed by atoms with Crippen molar-refractivity contribution in [2.75, 3.05) is 66.7 Å².